The van der Waals surface area contributed by atoms with Gasteiger partial charge >= 0.3 is 5.91 Å². The van der Waals surface area contributed by atoms with E-state index in [1.54, 1.807) is 45.6 Å². The number of furan rings is 1. The van der Waals surface area contributed by atoms with E-state index in [4.69, 9.17) is 18.6 Å². The van der Waals surface area contributed by atoms with Gasteiger partial charge in [0, 0.05) is 0 Å². The lowest BCUT2D eigenvalue weighted by atomic mass is 9.88. The summed E-state index contributed by atoms with van der Waals surface area (Å²) in [6.45, 7) is 0. The summed E-state index contributed by atoms with van der Waals surface area (Å²) >= 11 is 0. The van der Waals surface area contributed by atoms with Crippen molar-refractivity contribution in [1.29, 1.82) is 0 Å². The van der Waals surface area contributed by atoms with Crippen molar-refractivity contribution in [2.45, 2.75) is 12.5 Å². The summed E-state index contributed by atoms with van der Waals surface area (Å²) in [5, 5.41) is 1.33. The Bertz CT molecular complexity index is 1090. The molecule has 2 heterocycles. The molecule has 2 aromatic carbocycles. The van der Waals surface area contributed by atoms with Crippen LogP contribution in [-0.2, 0) is 11.2 Å². The molecule has 8 heteroatoms. The van der Waals surface area contributed by atoms with Crippen LogP contribution in [0, 0.1) is 0 Å². The van der Waals surface area contributed by atoms with Gasteiger partial charge in [-0.3, -0.25) is 15.0 Å². The number of rotatable bonds is 6. The number of methoxy groups -OCH3 is 3. The van der Waals surface area contributed by atoms with Gasteiger partial charge in [0.2, 0.25) is 5.91 Å². The van der Waals surface area contributed by atoms with Crippen molar-refractivity contribution in [2.24, 2.45) is 0 Å². The molecule has 1 N–H and O–H groups in total. The molecule has 31 heavy (non-hydrogen) atoms. The fourth-order valence-corrected chi connectivity index (χ4v) is 3.69. The molecular weight excluding hydrogens is 400 g/mol. The average molecular weight is 422 g/mol. The van der Waals surface area contributed by atoms with Gasteiger partial charge in [-0.05, 0) is 53.1 Å². The van der Waals surface area contributed by atoms with Crippen LogP contribution in [0.3, 0.4) is 0 Å². The highest BCUT2D eigenvalue weighted by Crippen LogP contribution is 2.41. The van der Waals surface area contributed by atoms with Gasteiger partial charge in [-0.1, -0.05) is 12.1 Å². The van der Waals surface area contributed by atoms with Gasteiger partial charge in [-0.25, -0.2) is 5.01 Å². The lowest BCUT2D eigenvalue weighted by molar-refractivity contribution is -0.136. The quantitative estimate of drug-likeness (QED) is 0.657. The number of hydrogen-bond donors (Lipinski definition) is 1. The molecule has 0 aliphatic carbocycles. The Labute approximate surface area is 179 Å². The van der Waals surface area contributed by atoms with Gasteiger partial charge in [0.05, 0.1) is 34.0 Å². The third-order valence-corrected chi connectivity index (χ3v) is 5.21. The molecule has 3 aromatic rings. The molecule has 0 saturated carbocycles. The predicted octanol–water partition coefficient (Wildman–Crippen LogP) is 3.12. The molecule has 0 radical (unpaired) electrons. The van der Waals surface area contributed by atoms with E-state index in [2.05, 4.69) is 5.43 Å². The van der Waals surface area contributed by atoms with E-state index in [-0.39, 0.29) is 18.1 Å². The fourth-order valence-electron chi connectivity index (χ4n) is 3.69. The molecular formula is C23H22N2O6. The van der Waals surface area contributed by atoms with E-state index in [9.17, 15) is 9.59 Å². The van der Waals surface area contributed by atoms with E-state index in [1.807, 2.05) is 18.2 Å². The summed E-state index contributed by atoms with van der Waals surface area (Å²) < 4.78 is 21.3. The summed E-state index contributed by atoms with van der Waals surface area (Å²) in [6, 6.07) is 13.5. The molecule has 160 valence electrons. The van der Waals surface area contributed by atoms with Gasteiger partial charge in [0.25, 0.3) is 0 Å². The summed E-state index contributed by atoms with van der Waals surface area (Å²) in [4.78, 5) is 25.8. The standard InChI is InChI=1S/C23H22N2O6/c1-28-16-8-6-14(7-9-16)22-17-13-20(30-3)19(29-2)11-15(17)12-21(26)25(22)24-23(27)18-5-4-10-31-18/h4-11,13,22H,12H2,1-3H3,(H,24,27)/t22-/m0/s1. The van der Waals surface area contributed by atoms with Crippen molar-refractivity contribution < 1.29 is 28.2 Å². The summed E-state index contributed by atoms with van der Waals surface area (Å²) in [5.41, 5.74) is 5.12. The second kappa shape index (κ2) is 8.43. The SMILES string of the molecule is COc1ccc([C@H]2c3cc(OC)c(OC)cc3CC(=O)N2NC(=O)c2ccco2)cc1. The second-order valence-corrected chi connectivity index (χ2v) is 6.94. The molecule has 1 aliphatic heterocycles. The first-order chi connectivity index (χ1) is 15.0. The van der Waals surface area contributed by atoms with Crippen LogP contribution in [-0.4, -0.2) is 38.2 Å². The topological polar surface area (TPSA) is 90.2 Å². The minimum absolute atomic E-state index is 0.0980. The van der Waals surface area contributed by atoms with Crippen LogP contribution < -0.4 is 19.6 Å². The molecule has 0 unspecified atom stereocenters. The number of carbonyl (C=O) groups excluding carboxylic acids is 2. The van der Waals surface area contributed by atoms with Crippen molar-refractivity contribution in [2.75, 3.05) is 21.3 Å². The molecule has 1 atom stereocenters. The largest absolute Gasteiger partial charge is 0.497 e. The number of hydrazine groups is 1. The Morgan fingerprint density at radius 3 is 2.35 bits per heavy atom. The second-order valence-electron chi connectivity index (χ2n) is 6.94. The maximum absolute atomic E-state index is 13.1. The molecule has 0 spiro atoms. The van der Waals surface area contributed by atoms with Crippen LogP contribution in [0.25, 0.3) is 0 Å². The summed E-state index contributed by atoms with van der Waals surface area (Å²) in [6.07, 6.45) is 1.50. The van der Waals surface area contributed by atoms with Crippen LogP contribution in [0.1, 0.15) is 33.3 Å². The molecule has 1 aromatic heterocycles. The van der Waals surface area contributed by atoms with Crippen LogP contribution in [0.2, 0.25) is 0 Å². The first kappa shape index (κ1) is 20.3. The van der Waals surface area contributed by atoms with Crippen molar-refractivity contribution in [3.63, 3.8) is 0 Å². The molecule has 4 rings (SSSR count). The highest BCUT2D eigenvalue weighted by Gasteiger charge is 2.36. The Hall–Kier alpha value is -3.94. The Morgan fingerprint density at radius 2 is 1.74 bits per heavy atom. The number of nitrogens with one attached hydrogen (secondary N) is 1. The molecule has 0 bridgehead atoms. The first-order valence-corrected chi connectivity index (χ1v) is 9.61. The average Bonchev–Trinajstić information content (AvgIpc) is 3.34. The molecule has 0 saturated heterocycles. The number of nitrogens with zero attached hydrogens (tertiary/aromatic N) is 1. The van der Waals surface area contributed by atoms with E-state index in [0.29, 0.717) is 17.2 Å². The fraction of sp³-hybridized carbons (Fsp3) is 0.217. The highest BCUT2D eigenvalue weighted by molar-refractivity contribution is 5.94. The molecule has 1 aliphatic rings. The summed E-state index contributed by atoms with van der Waals surface area (Å²) in [5.74, 6) is 1.09. The Morgan fingerprint density at radius 1 is 1.03 bits per heavy atom. The lowest BCUT2D eigenvalue weighted by Crippen LogP contribution is -2.51. The van der Waals surface area contributed by atoms with E-state index >= 15 is 0 Å². The number of carbonyl (C=O) groups is 2. The Balaban J connectivity index is 1.81. The first-order valence-electron chi connectivity index (χ1n) is 9.61. The van der Waals surface area contributed by atoms with Crippen molar-refractivity contribution >= 4 is 11.8 Å². The third-order valence-electron chi connectivity index (χ3n) is 5.21. The summed E-state index contributed by atoms with van der Waals surface area (Å²) in [7, 11) is 4.68. The van der Waals surface area contributed by atoms with E-state index in [0.717, 1.165) is 16.7 Å². The van der Waals surface area contributed by atoms with Gasteiger partial charge in [-0.2, -0.15) is 0 Å². The number of benzene rings is 2. The van der Waals surface area contributed by atoms with Crippen molar-refractivity contribution in [3.8, 4) is 17.2 Å². The van der Waals surface area contributed by atoms with Crippen LogP contribution in [0.15, 0.2) is 59.2 Å². The normalized spacial score (nSPS) is 15.3. The van der Waals surface area contributed by atoms with Gasteiger partial charge in [0.15, 0.2) is 17.3 Å². The maximum Gasteiger partial charge on any atom is 0.305 e. The number of ether oxygens (including phenoxy) is 3. The number of hydrogen-bond acceptors (Lipinski definition) is 6. The van der Waals surface area contributed by atoms with Crippen molar-refractivity contribution in [1.82, 2.24) is 10.4 Å². The van der Waals surface area contributed by atoms with Crippen LogP contribution >= 0.6 is 0 Å². The van der Waals surface area contributed by atoms with Gasteiger partial charge in [-0.15, -0.1) is 0 Å². The third kappa shape index (κ3) is 3.79. The molecule has 0 fully saturated rings. The zero-order valence-corrected chi connectivity index (χ0v) is 17.4. The van der Waals surface area contributed by atoms with Crippen LogP contribution in [0.4, 0.5) is 0 Å². The minimum atomic E-state index is -0.583. The maximum atomic E-state index is 13.1. The zero-order valence-electron chi connectivity index (χ0n) is 17.4. The zero-order chi connectivity index (χ0) is 22.0. The number of amides is 2. The monoisotopic (exact) mass is 422 g/mol. The highest BCUT2D eigenvalue weighted by atomic mass is 16.5. The molecule has 2 amide bonds. The molecule has 8 nitrogen and oxygen atoms in total. The van der Waals surface area contributed by atoms with Crippen LogP contribution in [0.5, 0.6) is 17.2 Å². The Kier molecular flexibility index (Phi) is 5.53. The minimum Gasteiger partial charge on any atom is -0.497 e. The van der Waals surface area contributed by atoms with E-state index in [1.165, 1.54) is 17.3 Å². The number of fused-ring (bicyclic) bond motifs is 1. The lowest BCUT2D eigenvalue weighted by Gasteiger charge is -2.37. The predicted molar refractivity (Wildman–Crippen MR) is 111 cm³/mol. The van der Waals surface area contributed by atoms with E-state index < -0.39 is 11.9 Å². The smallest absolute Gasteiger partial charge is 0.305 e. The van der Waals surface area contributed by atoms with Gasteiger partial charge in [0.1, 0.15) is 11.8 Å². The van der Waals surface area contributed by atoms with Gasteiger partial charge < -0.3 is 18.6 Å². The van der Waals surface area contributed by atoms with Crippen molar-refractivity contribution in [3.05, 3.63) is 77.2 Å².